The molecule has 1 aromatic rings. The van der Waals surface area contributed by atoms with Crippen molar-refractivity contribution in [1.82, 2.24) is 0 Å². The molecule has 2 aliphatic carbocycles. The van der Waals surface area contributed by atoms with Crippen molar-refractivity contribution >= 4 is 5.69 Å². The van der Waals surface area contributed by atoms with Gasteiger partial charge in [-0.1, -0.05) is 12.2 Å². The summed E-state index contributed by atoms with van der Waals surface area (Å²) in [6.07, 6.45) is 6.96. The van der Waals surface area contributed by atoms with Gasteiger partial charge < -0.3 is 10.1 Å². The smallest absolute Gasteiger partial charge is 0.144 e. The first-order valence-corrected chi connectivity index (χ1v) is 6.04. The molecule has 0 radical (unpaired) electrons. The van der Waals surface area contributed by atoms with Crippen LogP contribution >= 0.6 is 0 Å². The molecule has 90 valence electrons. The van der Waals surface area contributed by atoms with Gasteiger partial charge in [-0.15, -0.1) is 0 Å². The van der Waals surface area contributed by atoms with Gasteiger partial charge in [0, 0.05) is 18.0 Å². The van der Waals surface area contributed by atoms with E-state index < -0.39 is 0 Å². The fourth-order valence-electron chi connectivity index (χ4n) is 2.87. The quantitative estimate of drug-likeness (QED) is 0.809. The van der Waals surface area contributed by atoms with E-state index in [1.54, 1.807) is 13.2 Å². The lowest BCUT2D eigenvalue weighted by atomic mass is 9.71. The van der Waals surface area contributed by atoms with Crippen molar-refractivity contribution < 1.29 is 9.13 Å². The van der Waals surface area contributed by atoms with Gasteiger partial charge in [0.15, 0.2) is 0 Å². The lowest BCUT2D eigenvalue weighted by Crippen LogP contribution is -2.43. The summed E-state index contributed by atoms with van der Waals surface area (Å²) in [5.74, 6) is 1.78. The van der Waals surface area contributed by atoms with Crippen molar-refractivity contribution in [2.24, 2.45) is 11.8 Å². The Hall–Kier alpha value is -1.51. The number of fused-ring (bicyclic) bond motifs is 1. The zero-order valence-corrected chi connectivity index (χ0v) is 9.82. The Bertz CT molecular complexity index is 458. The summed E-state index contributed by atoms with van der Waals surface area (Å²) >= 11 is 0. The molecular weight excluding hydrogens is 217 g/mol. The number of allylic oxidation sites excluding steroid dienone is 1. The third kappa shape index (κ3) is 1.79. The van der Waals surface area contributed by atoms with E-state index in [0.29, 0.717) is 17.7 Å². The minimum absolute atomic E-state index is 0.264. The Kier molecular flexibility index (Phi) is 2.54. The number of nitrogens with one attached hydrogen (secondary N) is 1. The van der Waals surface area contributed by atoms with Gasteiger partial charge in [-0.2, -0.15) is 0 Å². The van der Waals surface area contributed by atoms with E-state index in [1.807, 2.05) is 0 Å². The van der Waals surface area contributed by atoms with E-state index in [2.05, 4.69) is 17.5 Å². The molecule has 1 fully saturated rings. The van der Waals surface area contributed by atoms with Crippen molar-refractivity contribution in [1.29, 1.82) is 0 Å². The summed E-state index contributed by atoms with van der Waals surface area (Å²) in [5.41, 5.74) is 0.887. The van der Waals surface area contributed by atoms with Gasteiger partial charge >= 0.3 is 0 Å². The molecule has 3 unspecified atom stereocenters. The van der Waals surface area contributed by atoms with Crippen LogP contribution in [-0.2, 0) is 0 Å². The third-order valence-corrected chi connectivity index (χ3v) is 3.87. The predicted molar refractivity (Wildman–Crippen MR) is 65.7 cm³/mol. The van der Waals surface area contributed by atoms with Crippen LogP contribution in [0.2, 0.25) is 0 Å². The molecule has 2 nitrogen and oxygen atoms in total. The Labute approximate surface area is 100 Å². The van der Waals surface area contributed by atoms with Crippen LogP contribution in [0.4, 0.5) is 10.1 Å². The van der Waals surface area contributed by atoms with E-state index in [0.717, 1.165) is 11.6 Å². The maximum absolute atomic E-state index is 13.1. The maximum atomic E-state index is 13.1. The van der Waals surface area contributed by atoms with Crippen molar-refractivity contribution in [3.05, 3.63) is 36.2 Å². The highest BCUT2D eigenvalue weighted by atomic mass is 19.1. The minimum Gasteiger partial charge on any atom is -0.494 e. The van der Waals surface area contributed by atoms with E-state index >= 15 is 0 Å². The van der Waals surface area contributed by atoms with Crippen LogP contribution in [0, 0.1) is 17.7 Å². The zero-order chi connectivity index (χ0) is 11.8. The van der Waals surface area contributed by atoms with E-state index in [4.69, 9.17) is 4.74 Å². The summed E-state index contributed by atoms with van der Waals surface area (Å²) in [7, 11) is 1.57. The van der Waals surface area contributed by atoms with Crippen LogP contribution in [0.5, 0.6) is 5.75 Å². The Balaban J connectivity index is 1.75. The first kappa shape index (κ1) is 10.6. The van der Waals surface area contributed by atoms with Crippen LogP contribution in [0.15, 0.2) is 30.4 Å². The highest BCUT2D eigenvalue weighted by molar-refractivity contribution is 5.57. The number of benzene rings is 1. The molecule has 3 heteroatoms. The summed E-state index contributed by atoms with van der Waals surface area (Å²) in [6.45, 7) is 0. The SMILES string of the molecule is COc1cc(F)ccc1NC1CC2CC=CC21. The average Bonchev–Trinajstić information content (AvgIpc) is 2.69. The van der Waals surface area contributed by atoms with E-state index in [1.165, 1.54) is 25.0 Å². The lowest BCUT2D eigenvalue weighted by Gasteiger charge is -2.41. The van der Waals surface area contributed by atoms with Gasteiger partial charge in [-0.25, -0.2) is 4.39 Å². The minimum atomic E-state index is -0.264. The molecule has 0 amide bonds. The van der Waals surface area contributed by atoms with Crippen molar-refractivity contribution in [2.45, 2.75) is 18.9 Å². The molecule has 1 aromatic carbocycles. The molecule has 1 saturated carbocycles. The number of ether oxygens (including phenoxy) is 1. The van der Waals surface area contributed by atoms with Gasteiger partial charge in [-0.3, -0.25) is 0 Å². The lowest BCUT2D eigenvalue weighted by molar-refractivity contribution is 0.217. The standard InChI is InChI=1S/C14H16FNO/c1-17-14-8-10(15)5-6-12(14)16-13-7-9-3-2-4-11(9)13/h2,4-6,8-9,11,13,16H,3,7H2,1H3. The fourth-order valence-corrected chi connectivity index (χ4v) is 2.87. The Morgan fingerprint density at radius 2 is 2.29 bits per heavy atom. The van der Waals surface area contributed by atoms with Gasteiger partial charge in [0.1, 0.15) is 11.6 Å². The number of methoxy groups -OCH3 is 1. The topological polar surface area (TPSA) is 21.3 Å². The second kappa shape index (κ2) is 4.06. The van der Waals surface area contributed by atoms with Crippen LogP contribution in [-0.4, -0.2) is 13.2 Å². The molecule has 3 rings (SSSR count). The summed E-state index contributed by atoms with van der Waals surface area (Å²) < 4.78 is 18.2. The van der Waals surface area contributed by atoms with Gasteiger partial charge in [-0.05, 0) is 30.9 Å². The molecule has 0 aliphatic heterocycles. The molecule has 0 aromatic heterocycles. The Morgan fingerprint density at radius 1 is 1.41 bits per heavy atom. The second-order valence-electron chi connectivity index (χ2n) is 4.83. The molecule has 1 N–H and O–H groups in total. The second-order valence-corrected chi connectivity index (χ2v) is 4.83. The molecule has 0 spiro atoms. The molecule has 3 atom stereocenters. The largest absolute Gasteiger partial charge is 0.494 e. The van der Waals surface area contributed by atoms with Gasteiger partial charge in [0.05, 0.1) is 12.8 Å². The van der Waals surface area contributed by atoms with Crippen LogP contribution < -0.4 is 10.1 Å². The van der Waals surface area contributed by atoms with Crippen LogP contribution in [0.3, 0.4) is 0 Å². The number of hydrogen-bond acceptors (Lipinski definition) is 2. The van der Waals surface area contributed by atoms with Gasteiger partial charge in [0.25, 0.3) is 0 Å². The normalized spacial score (nSPS) is 29.6. The highest BCUT2D eigenvalue weighted by Gasteiger charge is 2.41. The average molecular weight is 233 g/mol. The number of halogens is 1. The summed E-state index contributed by atoms with van der Waals surface area (Å²) in [6, 6.07) is 5.10. The molecule has 0 bridgehead atoms. The maximum Gasteiger partial charge on any atom is 0.144 e. The van der Waals surface area contributed by atoms with E-state index in [-0.39, 0.29) is 5.82 Å². The first-order valence-electron chi connectivity index (χ1n) is 6.04. The number of rotatable bonds is 3. The molecule has 2 aliphatic rings. The summed E-state index contributed by atoms with van der Waals surface area (Å²) in [4.78, 5) is 0. The van der Waals surface area contributed by atoms with Gasteiger partial charge in [0.2, 0.25) is 0 Å². The predicted octanol–water partition coefficient (Wildman–Crippen LogP) is 3.21. The van der Waals surface area contributed by atoms with E-state index in [9.17, 15) is 4.39 Å². The fraction of sp³-hybridized carbons (Fsp3) is 0.429. The monoisotopic (exact) mass is 233 g/mol. The first-order chi connectivity index (χ1) is 8.28. The van der Waals surface area contributed by atoms with Crippen molar-refractivity contribution in [2.75, 3.05) is 12.4 Å². The van der Waals surface area contributed by atoms with Crippen molar-refractivity contribution in [3.8, 4) is 5.75 Å². The van der Waals surface area contributed by atoms with Crippen LogP contribution in [0.1, 0.15) is 12.8 Å². The number of hydrogen-bond donors (Lipinski definition) is 1. The zero-order valence-electron chi connectivity index (χ0n) is 9.82. The highest BCUT2D eigenvalue weighted by Crippen LogP contribution is 2.44. The third-order valence-electron chi connectivity index (χ3n) is 3.87. The Morgan fingerprint density at radius 3 is 3.06 bits per heavy atom. The van der Waals surface area contributed by atoms with Crippen molar-refractivity contribution in [3.63, 3.8) is 0 Å². The number of anilines is 1. The molecule has 0 saturated heterocycles. The summed E-state index contributed by atoms with van der Waals surface area (Å²) in [5, 5.41) is 3.45. The van der Waals surface area contributed by atoms with Crippen LogP contribution in [0.25, 0.3) is 0 Å². The molecule has 17 heavy (non-hydrogen) atoms. The molecule has 0 heterocycles. The molecular formula is C14H16FNO.